The van der Waals surface area contributed by atoms with Gasteiger partial charge in [0.15, 0.2) is 0 Å². The van der Waals surface area contributed by atoms with Crippen molar-refractivity contribution < 1.29 is 14.5 Å². The Labute approximate surface area is 125 Å². The molecule has 0 radical (unpaired) electrons. The fraction of sp³-hybridized carbons (Fsp3) is 0.333. The van der Waals surface area contributed by atoms with E-state index >= 15 is 0 Å². The first-order valence-electron chi connectivity index (χ1n) is 7.09. The van der Waals surface area contributed by atoms with Crippen LogP contribution in [-0.4, -0.2) is 16.7 Å². The van der Waals surface area contributed by atoms with Gasteiger partial charge in [-0.3, -0.25) is 19.7 Å². The van der Waals surface area contributed by atoms with Crippen molar-refractivity contribution in [2.24, 2.45) is 23.7 Å². The normalized spacial score (nSPS) is 31.9. The highest BCUT2D eigenvalue weighted by molar-refractivity contribution is 6.23. The number of nitro groups is 1. The van der Waals surface area contributed by atoms with E-state index in [-0.39, 0.29) is 52.5 Å². The van der Waals surface area contributed by atoms with Crippen LogP contribution >= 0.6 is 0 Å². The van der Waals surface area contributed by atoms with Gasteiger partial charge in [0.05, 0.1) is 22.4 Å². The topological polar surface area (TPSA) is 107 Å². The molecule has 7 heteroatoms. The number of allylic oxidation sites excluding steroid dienone is 2. The highest BCUT2D eigenvalue weighted by atomic mass is 16.6. The first-order chi connectivity index (χ1) is 10.5. The molecule has 1 saturated carbocycles. The largest absolute Gasteiger partial charge is 0.393 e. The number of benzene rings is 1. The van der Waals surface area contributed by atoms with Crippen LogP contribution in [0.2, 0.25) is 0 Å². The lowest BCUT2D eigenvalue weighted by atomic mass is 9.85. The lowest BCUT2D eigenvalue weighted by molar-refractivity contribution is -0.383. The van der Waals surface area contributed by atoms with Crippen LogP contribution in [0.5, 0.6) is 0 Å². The van der Waals surface area contributed by atoms with Gasteiger partial charge in [0.25, 0.3) is 5.69 Å². The SMILES string of the molecule is Nc1ccc(N2C(=O)[C@@H]3[C@@H]4C=CC(C4)[C@@H]3C2=O)cc1[N+](=O)[O-]. The van der Waals surface area contributed by atoms with Gasteiger partial charge in [-0.2, -0.15) is 0 Å². The van der Waals surface area contributed by atoms with Crippen molar-refractivity contribution in [3.8, 4) is 0 Å². The number of carbonyl (C=O) groups excluding carboxylic acids is 2. The van der Waals surface area contributed by atoms with Crippen molar-refractivity contribution in [3.05, 3.63) is 40.5 Å². The molecule has 112 valence electrons. The maximum Gasteiger partial charge on any atom is 0.294 e. The van der Waals surface area contributed by atoms with Crippen LogP contribution in [0, 0.1) is 33.8 Å². The second kappa shape index (κ2) is 4.16. The molecule has 1 aliphatic heterocycles. The Hall–Kier alpha value is -2.70. The van der Waals surface area contributed by atoms with E-state index in [2.05, 4.69) is 0 Å². The zero-order valence-electron chi connectivity index (χ0n) is 11.5. The van der Waals surface area contributed by atoms with Crippen LogP contribution in [-0.2, 0) is 9.59 Å². The van der Waals surface area contributed by atoms with Gasteiger partial charge in [0.2, 0.25) is 11.8 Å². The van der Waals surface area contributed by atoms with E-state index < -0.39 is 4.92 Å². The maximum atomic E-state index is 12.6. The van der Waals surface area contributed by atoms with E-state index in [1.165, 1.54) is 18.2 Å². The molecule has 2 fully saturated rings. The van der Waals surface area contributed by atoms with E-state index in [1.807, 2.05) is 12.2 Å². The van der Waals surface area contributed by atoms with Gasteiger partial charge < -0.3 is 5.73 Å². The van der Waals surface area contributed by atoms with E-state index in [1.54, 1.807) is 0 Å². The third-order valence-electron chi connectivity index (χ3n) is 4.94. The minimum absolute atomic E-state index is 0.00905. The minimum atomic E-state index is -0.615. The fourth-order valence-electron chi connectivity index (χ4n) is 3.99. The predicted octanol–water partition coefficient (Wildman–Crippen LogP) is 1.49. The number of hydrogen-bond acceptors (Lipinski definition) is 5. The molecule has 0 spiro atoms. The number of carbonyl (C=O) groups is 2. The first kappa shape index (κ1) is 13.0. The second-order valence-corrected chi connectivity index (χ2v) is 6.01. The van der Waals surface area contributed by atoms with Gasteiger partial charge in [0.1, 0.15) is 5.69 Å². The molecule has 2 N–H and O–H groups in total. The molecular formula is C15H13N3O4. The Bertz CT molecular complexity index is 727. The monoisotopic (exact) mass is 299 g/mol. The van der Waals surface area contributed by atoms with Crippen LogP contribution in [0.25, 0.3) is 0 Å². The quantitative estimate of drug-likeness (QED) is 0.293. The molecule has 1 aromatic carbocycles. The number of nitro benzene ring substituents is 1. The number of fused-ring (bicyclic) bond motifs is 5. The summed E-state index contributed by atoms with van der Waals surface area (Å²) >= 11 is 0. The molecule has 2 aliphatic carbocycles. The van der Waals surface area contributed by atoms with Crippen molar-refractivity contribution in [2.45, 2.75) is 6.42 Å². The average Bonchev–Trinajstić information content (AvgIpc) is 3.14. The summed E-state index contributed by atoms with van der Waals surface area (Å²) in [4.78, 5) is 36.7. The van der Waals surface area contributed by atoms with Crippen LogP contribution in [0.3, 0.4) is 0 Å². The Morgan fingerprint density at radius 1 is 1.14 bits per heavy atom. The van der Waals surface area contributed by atoms with Crippen LogP contribution < -0.4 is 10.6 Å². The van der Waals surface area contributed by atoms with Crippen molar-refractivity contribution >= 4 is 28.9 Å². The Morgan fingerprint density at radius 2 is 1.73 bits per heavy atom. The number of nitrogen functional groups attached to an aromatic ring is 1. The van der Waals surface area contributed by atoms with Gasteiger partial charge in [-0.25, -0.2) is 4.90 Å². The summed E-state index contributed by atoms with van der Waals surface area (Å²) in [6.07, 6.45) is 4.86. The van der Waals surface area contributed by atoms with Crippen molar-refractivity contribution in [3.63, 3.8) is 0 Å². The maximum absolute atomic E-state index is 12.6. The standard InChI is InChI=1S/C15H13N3O4/c16-10-4-3-9(6-11(10)18(21)22)17-14(19)12-7-1-2-8(5-7)13(12)15(17)20/h1-4,6-8,12-13H,5,16H2/t7-,8?,12-,13+/m1/s1. The molecular weight excluding hydrogens is 286 g/mol. The van der Waals surface area contributed by atoms with E-state index in [4.69, 9.17) is 5.73 Å². The van der Waals surface area contributed by atoms with Gasteiger partial charge in [0, 0.05) is 6.07 Å². The zero-order chi connectivity index (χ0) is 15.6. The smallest absolute Gasteiger partial charge is 0.294 e. The molecule has 22 heavy (non-hydrogen) atoms. The van der Waals surface area contributed by atoms with Gasteiger partial charge >= 0.3 is 0 Å². The molecule has 0 aromatic heterocycles. The summed E-state index contributed by atoms with van der Waals surface area (Å²) in [6.45, 7) is 0. The lowest BCUT2D eigenvalue weighted by Crippen LogP contribution is -2.32. The van der Waals surface area contributed by atoms with Gasteiger partial charge in [-0.05, 0) is 30.4 Å². The molecule has 2 amide bonds. The van der Waals surface area contributed by atoms with E-state index in [0.29, 0.717) is 0 Å². The van der Waals surface area contributed by atoms with Crippen LogP contribution in [0.15, 0.2) is 30.4 Å². The highest BCUT2D eigenvalue weighted by Gasteiger charge is 2.59. The molecule has 7 nitrogen and oxygen atoms in total. The van der Waals surface area contributed by atoms with Gasteiger partial charge in [-0.15, -0.1) is 0 Å². The lowest BCUT2D eigenvalue weighted by Gasteiger charge is -2.17. The summed E-state index contributed by atoms with van der Waals surface area (Å²) in [7, 11) is 0. The van der Waals surface area contributed by atoms with Crippen molar-refractivity contribution in [1.29, 1.82) is 0 Å². The molecule has 4 rings (SSSR count). The molecule has 1 aromatic rings. The number of nitrogens with two attached hydrogens (primary N) is 1. The molecule has 4 atom stereocenters. The number of nitrogens with zero attached hydrogens (tertiary/aromatic N) is 2. The number of rotatable bonds is 2. The number of anilines is 2. The highest BCUT2D eigenvalue weighted by Crippen LogP contribution is 2.53. The zero-order valence-corrected chi connectivity index (χ0v) is 11.5. The molecule has 3 aliphatic rings. The number of imide groups is 1. The average molecular weight is 299 g/mol. The summed E-state index contributed by atoms with van der Waals surface area (Å²) in [5.41, 5.74) is 5.50. The van der Waals surface area contributed by atoms with Crippen molar-refractivity contribution in [2.75, 3.05) is 10.6 Å². The first-order valence-corrected chi connectivity index (χ1v) is 7.09. The molecule has 1 unspecified atom stereocenters. The van der Waals surface area contributed by atoms with E-state index in [0.717, 1.165) is 11.3 Å². The molecule has 2 bridgehead atoms. The Morgan fingerprint density at radius 3 is 2.27 bits per heavy atom. The Balaban J connectivity index is 1.76. The van der Waals surface area contributed by atoms with Gasteiger partial charge in [-0.1, -0.05) is 12.2 Å². The Kier molecular flexibility index (Phi) is 2.46. The third-order valence-corrected chi connectivity index (χ3v) is 4.94. The van der Waals surface area contributed by atoms with Crippen molar-refractivity contribution in [1.82, 2.24) is 0 Å². The summed E-state index contributed by atoms with van der Waals surface area (Å²) in [6, 6.07) is 4.03. The summed E-state index contributed by atoms with van der Waals surface area (Å²) in [5.74, 6) is -0.935. The minimum Gasteiger partial charge on any atom is -0.393 e. The molecule has 1 heterocycles. The molecule has 1 saturated heterocycles. The van der Waals surface area contributed by atoms with Crippen LogP contribution in [0.1, 0.15) is 6.42 Å². The summed E-state index contributed by atoms with van der Waals surface area (Å²) in [5, 5.41) is 11.0. The van der Waals surface area contributed by atoms with E-state index in [9.17, 15) is 19.7 Å². The second-order valence-electron chi connectivity index (χ2n) is 6.01. The fourth-order valence-corrected chi connectivity index (χ4v) is 3.99. The predicted molar refractivity (Wildman–Crippen MR) is 77.7 cm³/mol. The number of hydrogen-bond donors (Lipinski definition) is 1. The third kappa shape index (κ3) is 1.50. The summed E-state index contributed by atoms with van der Waals surface area (Å²) < 4.78 is 0. The van der Waals surface area contributed by atoms with Crippen LogP contribution in [0.4, 0.5) is 17.1 Å². The number of amides is 2.